The van der Waals surface area contributed by atoms with Crippen molar-refractivity contribution in [3.8, 4) is 5.82 Å². The molecule has 0 atom stereocenters. The van der Waals surface area contributed by atoms with Gasteiger partial charge in [-0.3, -0.25) is 4.79 Å². The highest BCUT2D eigenvalue weighted by molar-refractivity contribution is 7.09. The van der Waals surface area contributed by atoms with Gasteiger partial charge >= 0.3 is 0 Å². The maximum absolute atomic E-state index is 13.0. The second kappa shape index (κ2) is 9.34. The third-order valence-electron chi connectivity index (χ3n) is 5.41. The van der Waals surface area contributed by atoms with Crippen molar-refractivity contribution in [2.45, 2.75) is 46.5 Å². The van der Waals surface area contributed by atoms with E-state index in [1.165, 1.54) is 17.7 Å². The van der Waals surface area contributed by atoms with Crippen molar-refractivity contribution in [3.05, 3.63) is 69.6 Å². The van der Waals surface area contributed by atoms with Crippen molar-refractivity contribution in [2.75, 3.05) is 17.7 Å². The zero-order valence-electron chi connectivity index (χ0n) is 20.3. The number of hydrogen-bond donors (Lipinski definition) is 2. The number of carbonyl (C=O) groups is 1. The number of aromatic nitrogens is 5. The molecule has 0 aliphatic heterocycles. The zero-order valence-corrected chi connectivity index (χ0v) is 21.1. The smallest absolute Gasteiger partial charge is 0.169 e. The number of Topliss-reactive ketones (excluding diaryl/α,β-unsaturated/α-hetero) is 1. The highest BCUT2D eigenvalue weighted by atomic mass is 32.1. The van der Waals surface area contributed by atoms with E-state index in [4.69, 9.17) is 0 Å². The minimum Gasteiger partial charge on any atom is -0.373 e. The van der Waals surface area contributed by atoms with Crippen LogP contribution in [0, 0.1) is 13.8 Å². The minimum atomic E-state index is -0.0303. The van der Waals surface area contributed by atoms with Crippen LogP contribution in [-0.2, 0) is 11.8 Å². The molecular formula is C25H29N7OS. The van der Waals surface area contributed by atoms with Crippen LogP contribution >= 0.6 is 11.3 Å². The molecule has 8 nitrogen and oxygen atoms in total. The molecule has 0 aliphatic carbocycles. The number of carbonyl (C=O) groups excluding carboxylic acids is 1. The van der Waals surface area contributed by atoms with Gasteiger partial charge in [-0.25, -0.2) is 15.0 Å². The number of hydrogen-bond acceptors (Lipinski definition) is 8. The molecule has 2 N–H and O–H groups in total. The Kier molecular flexibility index (Phi) is 6.47. The van der Waals surface area contributed by atoms with Crippen LogP contribution in [-0.4, -0.2) is 37.6 Å². The summed E-state index contributed by atoms with van der Waals surface area (Å²) in [6.07, 6.45) is 1.78. The molecule has 0 amide bonds. The van der Waals surface area contributed by atoms with Crippen LogP contribution in [0.15, 0.2) is 42.0 Å². The molecular weight excluding hydrogens is 446 g/mol. The summed E-state index contributed by atoms with van der Waals surface area (Å²) in [6, 6.07) is 9.48. The number of aryl methyl sites for hydroxylation is 2. The molecule has 9 heteroatoms. The quantitative estimate of drug-likeness (QED) is 0.353. The lowest BCUT2D eigenvalue weighted by atomic mass is 9.93. The Morgan fingerprint density at radius 3 is 2.62 bits per heavy atom. The second-order valence-corrected chi connectivity index (χ2v) is 10.2. The Balaban J connectivity index is 1.59. The maximum atomic E-state index is 13.0. The number of anilines is 3. The van der Waals surface area contributed by atoms with Gasteiger partial charge in [0.05, 0.1) is 17.8 Å². The number of nitrogens with zero attached hydrogens (tertiary/aromatic N) is 5. The van der Waals surface area contributed by atoms with Crippen molar-refractivity contribution >= 4 is 34.4 Å². The van der Waals surface area contributed by atoms with E-state index < -0.39 is 0 Å². The summed E-state index contributed by atoms with van der Waals surface area (Å²) < 4.78 is 1.73. The van der Waals surface area contributed by atoms with Crippen molar-refractivity contribution in [1.29, 1.82) is 0 Å². The van der Waals surface area contributed by atoms with Gasteiger partial charge in [-0.2, -0.15) is 9.78 Å². The van der Waals surface area contributed by atoms with Crippen LogP contribution in [0.5, 0.6) is 0 Å². The van der Waals surface area contributed by atoms with E-state index in [0.29, 0.717) is 17.2 Å². The Labute approximate surface area is 203 Å². The van der Waals surface area contributed by atoms with E-state index in [0.717, 1.165) is 33.5 Å². The summed E-state index contributed by atoms with van der Waals surface area (Å²) in [5, 5.41) is 13.9. The second-order valence-electron chi connectivity index (χ2n) is 9.23. The van der Waals surface area contributed by atoms with Crippen LogP contribution in [0.2, 0.25) is 0 Å². The normalized spacial score (nSPS) is 11.5. The molecule has 0 aliphatic rings. The molecule has 0 unspecified atom stereocenters. The number of rotatable bonds is 7. The lowest BCUT2D eigenvalue weighted by Crippen LogP contribution is -2.12. The van der Waals surface area contributed by atoms with Crippen LogP contribution in [0.3, 0.4) is 0 Å². The van der Waals surface area contributed by atoms with Crippen LogP contribution < -0.4 is 10.6 Å². The molecule has 1 aromatic carbocycles. The predicted octanol–water partition coefficient (Wildman–Crippen LogP) is 5.24. The van der Waals surface area contributed by atoms with Gasteiger partial charge in [0, 0.05) is 41.2 Å². The third-order valence-corrected chi connectivity index (χ3v) is 6.26. The van der Waals surface area contributed by atoms with E-state index in [-0.39, 0.29) is 17.6 Å². The Bertz CT molecular complexity index is 1330. The summed E-state index contributed by atoms with van der Waals surface area (Å²) in [7, 11) is 1.81. The lowest BCUT2D eigenvalue weighted by Gasteiger charge is -2.14. The molecule has 0 fully saturated rings. The van der Waals surface area contributed by atoms with Crippen molar-refractivity contribution < 1.29 is 4.79 Å². The zero-order chi connectivity index (χ0) is 24.5. The fraction of sp³-hybridized carbons (Fsp3) is 0.320. The summed E-state index contributed by atoms with van der Waals surface area (Å²) in [4.78, 5) is 26.2. The minimum absolute atomic E-state index is 0.0303. The average molecular weight is 476 g/mol. The van der Waals surface area contributed by atoms with Crippen molar-refractivity contribution in [1.82, 2.24) is 24.7 Å². The highest BCUT2D eigenvalue weighted by Crippen LogP contribution is 2.27. The molecule has 0 spiro atoms. The molecule has 3 aromatic heterocycles. The Morgan fingerprint density at radius 2 is 1.91 bits per heavy atom. The lowest BCUT2D eigenvalue weighted by molar-refractivity contribution is 0.0993. The fourth-order valence-electron chi connectivity index (χ4n) is 3.41. The van der Waals surface area contributed by atoms with Crippen molar-refractivity contribution in [3.63, 3.8) is 0 Å². The van der Waals surface area contributed by atoms with E-state index in [9.17, 15) is 4.79 Å². The van der Waals surface area contributed by atoms with Gasteiger partial charge in [0.1, 0.15) is 23.0 Å². The van der Waals surface area contributed by atoms with Crippen LogP contribution in [0.25, 0.3) is 5.82 Å². The van der Waals surface area contributed by atoms with E-state index in [1.54, 1.807) is 11.7 Å². The SMILES string of the molecule is CNc1cc(-n2nc(C)cc2Nc2cc(C(=O)Cc3nc(C(C)(C)C)cs3)ccc2C)ncn1. The van der Waals surface area contributed by atoms with E-state index >= 15 is 0 Å². The van der Waals surface area contributed by atoms with Crippen LogP contribution in [0.1, 0.15) is 53.1 Å². The third kappa shape index (κ3) is 5.14. The molecule has 0 radical (unpaired) electrons. The Morgan fingerprint density at radius 1 is 1.12 bits per heavy atom. The average Bonchev–Trinajstić information content (AvgIpc) is 3.41. The van der Waals surface area contributed by atoms with Gasteiger partial charge in [-0.15, -0.1) is 11.3 Å². The topological polar surface area (TPSA) is 97.6 Å². The van der Waals surface area contributed by atoms with Gasteiger partial charge in [-0.05, 0) is 25.5 Å². The van der Waals surface area contributed by atoms with E-state index in [2.05, 4.69) is 51.5 Å². The Hall–Kier alpha value is -3.59. The summed E-state index contributed by atoms with van der Waals surface area (Å²) in [6.45, 7) is 10.3. The molecule has 0 saturated heterocycles. The molecule has 0 bridgehead atoms. The van der Waals surface area contributed by atoms with Crippen molar-refractivity contribution in [2.24, 2.45) is 0 Å². The van der Waals surface area contributed by atoms with Gasteiger partial charge in [0.25, 0.3) is 0 Å². The first-order valence-corrected chi connectivity index (χ1v) is 11.9. The summed E-state index contributed by atoms with van der Waals surface area (Å²) in [5.74, 6) is 2.13. The summed E-state index contributed by atoms with van der Waals surface area (Å²) in [5.41, 5.74) is 4.33. The van der Waals surface area contributed by atoms with Gasteiger partial charge < -0.3 is 10.6 Å². The fourth-order valence-corrected chi connectivity index (χ4v) is 4.43. The molecule has 4 aromatic rings. The highest BCUT2D eigenvalue weighted by Gasteiger charge is 2.19. The maximum Gasteiger partial charge on any atom is 0.169 e. The van der Waals surface area contributed by atoms with Gasteiger partial charge in [0.15, 0.2) is 11.6 Å². The first-order valence-electron chi connectivity index (χ1n) is 11.1. The van der Waals surface area contributed by atoms with Gasteiger partial charge in [-0.1, -0.05) is 32.9 Å². The first-order chi connectivity index (χ1) is 16.1. The number of thiazole rings is 1. The van der Waals surface area contributed by atoms with Gasteiger partial charge in [0.2, 0.25) is 0 Å². The molecule has 34 heavy (non-hydrogen) atoms. The predicted molar refractivity (Wildman–Crippen MR) is 137 cm³/mol. The number of ketones is 1. The number of nitrogens with one attached hydrogen (secondary N) is 2. The molecule has 3 heterocycles. The molecule has 0 saturated carbocycles. The van der Waals surface area contributed by atoms with E-state index in [1.807, 2.05) is 49.6 Å². The monoisotopic (exact) mass is 475 g/mol. The molecule has 176 valence electrons. The standard InChI is InChI=1S/C25H29N7OS/c1-15-7-8-17(19(33)11-24-30-20(13-34-24)25(3,4)5)10-18(15)29-23-9-16(2)31-32(23)22-12-21(26-6)27-14-28-22/h7-10,12-14,29H,11H2,1-6H3,(H,26,27,28). The first kappa shape index (κ1) is 23.6. The number of benzene rings is 1. The largest absolute Gasteiger partial charge is 0.373 e. The summed E-state index contributed by atoms with van der Waals surface area (Å²) >= 11 is 1.54. The molecule has 4 rings (SSSR count). The van der Waals surface area contributed by atoms with Crippen LogP contribution in [0.4, 0.5) is 17.3 Å².